The van der Waals surface area contributed by atoms with Gasteiger partial charge in [-0.2, -0.15) is 0 Å². The number of nitrogens with zero attached hydrogens (tertiary/aromatic N) is 1. The molecular weight excluding hydrogens is 366 g/mol. The monoisotopic (exact) mass is 393 g/mol. The summed E-state index contributed by atoms with van der Waals surface area (Å²) in [6.45, 7) is 7.14. The van der Waals surface area contributed by atoms with Gasteiger partial charge in [-0.3, -0.25) is 9.59 Å². The lowest BCUT2D eigenvalue weighted by molar-refractivity contribution is -0.136. The average molecular weight is 393 g/mol. The maximum Gasteiger partial charge on any atom is 0.260 e. The van der Waals surface area contributed by atoms with E-state index in [0.29, 0.717) is 43.7 Å². The second-order valence-electron chi connectivity index (χ2n) is 8.33. The van der Waals surface area contributed by atoms with E-state index >= 15 is 0 Å². The Kier molecular flexibility index (Phi) is 5.07. The predicted molar refractivity (Wildman–Crippen MR) is 111 cm³/mol. The molecule has 4 rings (SSSR count). The van der Waals surface area contributed by atoms with Crippen molar-refractivity contribution in [3.63, 3.8) is 0 Å². The second-order valence-corrected chi connectivity index (χ2v) is 8.33. The number of hydrogen-bond donors (Lipinski definition) is 0. The van der Waals surface area contributed by atoms with E-state index in [9.17, 15) is 9.59 Å². The molecule has 152 valence electrons. The number of rotatable bonds is 3. The summed E-state index contributed by atoms with van der Waals surface area (Å²) >= 11 is 0. The second kappa shape index (κ2) is 7.54. The first-order chi connectivity index (χ1) is 13.8. The minimum absolute atomic E-state index is 0.0253. The molecule has 0 aliphatic carbocycles. The molecule has 2 aliphatic heterocycles. The summed E-state index contributed by atoms with van der Waals surface area (Å²) in [6.07, 6.45) is 1.69. The number of amides is 1. The number of Topliss-reactive ketones (excluding diaryl/α,β-unsaturated/α-hetero) is 1. The zero-order chi connectivity index (χ0) is 20.6. The molecule has 2 aromatic rings. The maximum absolute atomic E-state index is 12.8. The average Bonchev–Trinajstić information content (AvgIpc) is 2.68. The summed E-state index contributed by atoms with van der Waals surface area (Å²) in [5, 5.41) is 0. The van der Waals surface area contributed by atoms with Crippen LogP contribution >= 0.6 is 0 Å². The summed E-state index contributed by atoms with van der Waals surface area (Å²) in [5.74, 6) is 1.53. The summed E-state index contributed by atoms with van der Waals surface area (Å²) in [7, 11) is 0. The first-order valence-corrected chi connectivity index (χ1v) is 10.2. The van der Waals surface area contributed by atoms with Gasteiger partial charge in [-0.1, -0.05) is 18.2 Å². The Hall–Kier alpha value is -2.82. The third-order valence-electron chi connectivity index (χ3n) is 5.90. The van der Waals surface area contributed by atoms with Gasteiger partial charge in [0.1, 0.15) is 17.1 Å². The molecule has 1 spiro atoms. The summed E-state index contributed by atoms with van der Waals surface area (Å²) in [4.78, 5) is 27.2. The third kappa shape index (κ3) is 4.00. The third-order valence-corrected chi connectivity index (χ3v) is 5.90. The molecule has 1 saturated heterocycles. The zero-order valence-electron chi connectivity index (χ0n) is 17.3. The van der Waals surface area contributed by atoms with Gasteiger partial charge in [0.05, 0.1) is 12.0 Å². The lowest BCUT2D eigenvalue weighted by Crippen LogP contribution is -2.53. The molecule has 5 nitrogen and oxygen atoms in total. The summed E-state index contributed by atoms with van der Waals surface area (Å²) in [5.41, 5.74) is 3.36. The molecule has 1 amide bonds. The van der Waals surface area contributed by atoms with E-state index in [1.54, 1.807) is 0 Å². The quantitative estimate of drug-likeness (QED) is 0.790. The number of fused-ring (bicyclic) bond motifs is 1. The zero-order valence-corrected chi connectivity index (χ0v) is 17.3. The Morgan fingerprint density at radius 2 is 1.86 bits per heavy atom. The lowest BCUT2D eigenvalue weighted by Gasteiger charge is -2.44. The number of carbonyl (C=O) groups is 2. The molecule has 0 unspecified atom stereocenters. The molecule has 0 atom stereocenters. The van der Waals surface area contributed by atoms with Crippen molar-refractivity contribution in [2.45, 2.75) is 45.6 Å². The fraction of sp³-hybridized carbons (Fsp3) is 0.417. The SMILES string of the molecule is Cc1cccc(OCC(=O)N2CCC3(CC2)CC(=O)c2cc(C)cc(C)c2O3)c1. The van der Waals surface area contributed by atoms with Crippen molar-refractivity contribution < 1.29 is 19.1 Å². The van der Waals surface area contributed by atoms with Crippen molar-refractivity contribution in [1.82, 2.24) is 4.90 Å². The van der Waals surface area contributed by atoms with Crippen molar-refractivity contribution in [1.29, 1.82) is 0 Å². The van der Waals surface area contributed by atoms with Gasteiger partial charge in [-0.15, -0.1) is 0 Å². The fourth-order valence-electron chi connectivity index (χ4n) is 4.32. The Morgan fingerprint density at radius 1 is 1.10 bits per heavy atom. The van der Waals surface area contributed by atoms with Gasteiger partial charge in [0.15, 0.2) is 12.4 Å². The van der Waals surface area contributed by atoms with Gasteiger partial charge in [0.25, 0.3) is 5.91 Å². The van der Waals surface area contributed by atoms with Crippen LogP contribution in [-0.4, -0.2) is 41.9 Å². The number of likely N-dealkylation sites (tertiary alicyclic amines) is 1. The Labute approximate surface area is 171 Å². The first-order valence-electron chi connectivity index (χ1n) is 10.2. The highest BCUT2D eigenvalue weighted by Gasteiger charge is 2.44. The highest BCUT2D eigenvalue weighted by molar-refractivity contribution is 6.01. The predicted octanol–water partition coefficient (Wildman–Crippen LogP) is 4.02. The number of benzene rings is 2. The van der Waals surface area contributed by atoms with E-state index in [1.165, 1.54) is 0 Å². The molecule has 0 aromatic heterocycles. The van der Waals surface area contributed by atoms with Gasteiger partial charge < -0.3 is 14.4 Å². The Bertz CT molecular complexity index is 957. The normalized spacial score (nSPS) is 17.6. The van der Waals surface area contributed by atoms with Crippen LogP contribution in [0.4, 0.5) is 0 Å². The van der Waals surface area contributed by atoms with Gasteiger partial charge in [-0.25, -0.2) is 0 Å². The highest BCUT2D eigenvalue weighted by atomic mass is 16.5. The largest absolute Gasteiger partial charge is 0.486 e. The maximum atomic E-state index is 12.8. The van der Waals surface area contributed by atoms with Crippen LogP contribution in [0, 0.1) is 20.8 Å². The summed E-state index contributed by atoms with van der Waals surface area (Å²) < 4.78 is 12.0. The molecule has 0 radical (unpaired) electrons. The minimum atomic E-state index is -0.502. The van der Waals surface area contributed by atoms with E-state index in [-0.39, 0.29) is 18.3 Å². The van der Waals surface area contributed by atoms with Crippen LogP contribution in [0.25, 0.3) is 0 Å². The number of aryl methyl sites for hydroxylation is 3. The van der Waals surface area contributed by atoms with Crippen LogP contribution in [0.5, 0.6) is 11.5 Å². The molecule has 2 heterocycles. The number of piperidine rings is 1. The fourth-order valence-corrected chi connectivity index (χ4v) is 4.32. The van der Waals surface area contributed by atoms with Gasteiger partial charge >= 0.3 is 0 Å². The van der Waals surface area contributed by atoms with Crippen LogP contribution in [0.3, 0.4) is 0 Å². The molecule has 2 aromatic carbocycles. The molecule has 5 heteroatoms. The van der Waals surface area contributed by atoms with E-state index in [0.717, 1.165) is 22.4 Å². The van der Waals surface area contributed by atoms with Crippen molar-refractivity contribution in [2.75, 3.05) is 19.7 Å². The number of hydrogen-bond acceptors (Lipinski definition) is 4. The van der Waals surface area contributed by atoms with Crippen LogP contribution in [0.2, 0.25) is 0 Å². The van der Waals surface area contributed by atoms with E-state index in [4.69, 9.17) is 9.47 Å². The van der Waals surface area contributed by atoms with Crippen molar-refractivity contribution in [3.8, 4) is 11.5 Å². The van der Waals surface area contributed by atoms with Crippen LogP contribution in [-0.2, 0) is 4.79 Å². The molecular formula is C24H27NO4. The smallest absolute Gasteiger partial charge is 0.260 e. The molecule has 2 aliphatic rings. The Morgan fingerprint density at radius 3 is 2.59 bits per heavy atom. The topological polar surface area (TPSA) is 55.8 Å². The van der Waals surface area contributed by atoms with Crippen molar-refractivity contribution >= 4 is 11.7 Å². The Balaban J connectivity index is 1.39. The first kappa shape index (κ1) is 19.5. The highest BCUT2D eigenvalue weighted by Crippen LogP contribution is 2.41. The van der Waals surface area contributed by atoms with E-state index in [2.05, 4.69) is 0 Å². The van der Waals surface area contributed by atoms with Gasteiger partial charge in [0, 0.05) is 25.9 Å². The van der Waals surface area contributed by atoms with Crippen LogP contribution in [0.15, 0.2) is 36.4 Å². The van der Waals surface area contributed by atoms with Crippen LogP contribution in [0.1, 0.15) is 46.3 Å². The summed E-state index contributed by atoms with van der Waals surface area (Å²) in [6, 6.07) is 11.6. The minimum Gasteiger partial charge on any atom is -0.486 e. The molecule has 0 saturated carbocycles. The van der Waals surface area contributed by atoms with Crippen LogP contribution < -0.4 is 9.47 Å². The van der Waals surface area contributed by atoms with E-state index < -0.39 is 5.60 Å². The number of carbonyl (C=O) groups excluding carboxylic acids is 2. The molecule has 1 fully saturated rings. The van der Waals surface area contributed by atoms with Gasteiger partial charge in [-0.05, 0) is 55.7 Å². The van der Waals surface area contributed by atoms with E-state index in [1.807, 2.05) is 62.1 Å². The van der Waals surface area contributed by atoms with Gasteiger partial charge in [0.2, 0.25) is 0 Å². The van der Waals surface area contributed by atoms with Crippen molar-refractivity contribution in [3.05, 3.63) is 58.7 Å². The molecule has 0 bridgehead atoms. The number of ketones is 1. The van der Waals surface area contributed by atoms with Crippen molar-refractivity contribution in [2.24, 2.45) is 0 Å². The standard InChI is InChI=1S/C24H27NO4/c1-16-5-4-6-19(12-16)28-15-22(27)25-9-7-24(8-10-25)14-21(26)20-13-17(2)11-18(3)23(20)29-24/h4-6,11-13H,7-10,14-15H2,1-3H3. The lowest BCUT2D eigenvalue weighted by atomic mass is 9.81. The number of ether oxygens (including phenoxy) is 2. The molecule has 0 N–H and O–H groups in total. The molecule has 29 heavy (non-hydrogen) atoms.